The third-order valence-electron chi connectivity index (χ3n) is 2.89. The second-order valence-electron chi connectivity index (χ2n) is 4.30. The summed E-state index contributed by atoms with van der Waals surface area (Å²) in [5.41, 5.74) is 1.67. The van der Waals surface area contributed by atoms with Gasteiger partial charge in [0.2, 0.25) is 0 Å². The van der Waals surface area contributed by atoms with Crippen molar-refractivity contribution in [3.63, 3.8) is 0 Å². The molecule has 0 saturated heterocycles. The minimum absolute atomic E-state index is 0.479. The Labute approximate surface area is 117 Å². The van der Waals surface area contributed by atoms with Crippen LogP contribution in [0, 0.1) is 0 Å². The summed E-state index contributed by atoms with van der Waals surface area (Å²) in [6.07, 6.45) is -0.946. The minimum atomic E-state index is -1.01. The van der Waals surface area contributed by atoms with E-state index in [1.54, 1.807) is 24.3 Å². The predicted molar refractivity (Wildman–Crippen MR) is 74.6 cm³/mol. The van der Waals surface area contributed by atoms with E-state index in [2.05, 4.69) is 0 Å². The number of aliphatic carboxylic acids is 1. The van der Waals surface area contributed by atoms with Crippen LogP contribution in [-0.2, 0) is 16.1 Å². The van der Waals surface area contributed by atoms with Crippen LogP contribution >= 0.6 is 0 Å². The maximum absolute atomic E-state index is 11.0. The predicted octanol–water partition coefficient (Wildman–Crippen LogP) is 3.04. The van der Waals surface area contributed by atoms with Gasteiger partial charge in [0.25, 0.3) is 0 Å². The fraction of sp³-hybridized carbons (Fsp3) is 0.188. The summed E-state index contributed by atoms with van der Waals surface area (Å²) in [6.45, 7) is 0.479. The van der Waals surface area contributed by atoms with Gasteiger partial charge in [-0.2, -0.15) is 0 Å². The zero-order valence-electron chi connectivity index (χ0n) is 11.2. The van der Waals surface area contributed by atoms with Gasteiger partial charge in [0.05, 0.1) is 0 Å². The van der Waals surface area contributed by atoms with Gasteiger partial charge in [0.15, 0.2) is 6.10 Å². The number of methoxy groups -OCH3 is 1. The van der Waals surface area contributed by atoms with Crippen LogP contribution in [0.4, 0.5) is 0 Å². The third-order valence-corrected chi connectivity index (χ3v) is 2.89. The molecule has 104 valence electrons. The molecular weight excluding hydrogens is 256 g/mol. The number of hydrogen-bond acceptors (Lipinski definition) is 3. The number of carboxylic acid groups (broad SMARTS) is 1. The molecule has 0 heterocycles. The summed E-state index contributed by atoms with van der Waals surface area (Å²) in [5, 5.41) is 8.99. The fourth-order valence-electron chi connectivity index (χ4n) is 1.86. The van der Waals surface area contributed by atoms with E-state index in [-0.39, 0.29) is 0 Å². The number of hydrogen-bond donors (Lipinski definition) is 1. The third kappa shape index (κ3) is 3.59. The maximum Gasteiger partial charge on any atom is 0.337 e. The molecule has 0 aromatic heterocycles. The average molecular weight is 272 g/mol. The average Bonchev–Trinajstić information content (AvgIpc) is 2.48. The van der Waals surface area contributed by atoms with Crippen LogP contribution in [0.25, 0.3) is 0 Å². The highest BCUT2D eigenvalue weighted by molar-refractivity contribution is 5.74. The van der Waals surface area contributed by atoms with Crippen molar-refractivity contribution in [3.05, 3.63) is 65.7 Å². The van der Waals surface area contributed by atoms with Gasteiger partial charge in [-0.05, 0) is 23.3 Å². The van der Waals surface area contributed by atoms with E-state index >= 15 is 0 Å². The highest BCUT2D eigenvalue weighted by Gasteiger charge is 2.18. The first-order chi connectivity index (χ1) is 9.70. The zero-order chi connectivity index (χ0) is 14.4. The molecule has 0 spiro atoms. The molecule has 20 heavy (non-hydrogen) atoms. The molecule has 0 radical (unpaired) electrons. The Morgan fingerprint density at radius 1 is 1.10 bits per heavy atom. The molecule has 0 bridgehead atoms. The SMILES string of the molecule is CO[C@H](C(=O)O)c1ccc(OCc2ccccc2)cc1. The molecule has 2 aromatic carbocycles. The Kier molecular flexibility index (Phi) is 4.74. The van der Waals surface area contributed by atoms with Gasteiger partial charge in [-0.3, -0.25) is 0 Å². The van der Waals surface area contributed by atoms with Crippen LogP contribution < -0.4 is 4.74 Å². The van der Waals surface area contributed by atoms with Crippen LogP contribution in [0.2, 0.25) is 0 Å². The summed E-state index contributed by atoms with van der Waals surface area (Å²) in [4.78, 5) is 11.0. The Balaban J connectivity index is 2.00. The van der Waals surface area contributed by atoms with Gasteiger partial charge in [-0.25, -0.2) is 4.79 Å². The van der Waals surface area contributed by atoms with E-state index in [1.807, 2.05) is 30.3 Å². The quantitative estimate of drug-likeness (QED) is 0.878. The second-order valence-corrected chi connectivity index (χ2v) is 4.30. The molecule has 0 unspecified atom stereocenters. The molecule has 0 aliphatic rings. The molecule has 0 amide bonds. The highest BCUT2D eigenvalue weighted by Crippen LogP contribution is 2.21. The Bertz CT molecular complexity index is 548. The molecule has 2 rings (SSSR count). The van der Waals surface area contributed by atoms with Crippen LogP contribution in [0.15, 0.2) is 54.6 Å². The molecule has 2 aromatic rings. The largest absolute Gasteiger partial charge is 0.489 e. The molecule has 0 aliphatic heterocycles. The van der Waals surface area contributed by atoms with Crippen LogP contribution in [0.5, 0.6) is 5.75 Å². The van der Waals surface area contributed by atoms with Crippen LogP contribution in [-0.4, -0.2) is 18.2 Å². The van der Waals surface area contributed by atoms with Crippen molar-refractivity contribution in [2.75, 3.05) is 7.11 Å². The summed E-state index contributed by atoms with van der Waals surface area (Å²) in [7, 11) is 1.37. The topological polar surface area (TPSA) is 55.8 Å². The first-order valence-electron chi connectivity index (χ1n) is 6.23. The first kappa shape index (κ1) is 14.1. The van der Waals surface area contributed by atoms with Gasteiger partial charge in [-0.15, -0.1) is 0 Å². The van der Waals surface area contributed by atoms with Gasteiger partial charge in [0, 0.05) is 7.11 Å². The van der Waals surface area contributed by atoms with Crippen molar-refractivity contribution >= 4 is 5.97 Å². The normalized spacial score (nSPS) is 11.8. The molecular formula is C16H16O4. The molecule has 0 saturated carbocycles. The van der Waals surface area contributed by atoms with E-state index in [0.29, 0.717) is 17.9 Å². The second kappa shape index (κ2) is 6.73. The zero-order valence-corrected chi connectivity index (χ0v) is 11.2. The number of carbonyl (C=O) groups is 1. The smallest absolute Gasteiger partial charge is 0.337 e. The van der Waals surface area contributed by atoms with Crippen LogP contribution in [0.3, 0.4) is 0 Å². The lowest BCUT2D eigenvalue weighted by Crippen LogP contribution is -2.13. The molecule has 4 heteroatoms. The van der Waals surface area contributed by atoms with E-state index < -0.39 is 12.1 Å². The fourth-order valence-corrected chi connectivity index (χ4v) is 1.86. The molecule has 0 aliphatic carbocycles. The Morgan fingerprint density at radius 3 is 2.30 bits per heavy atom. The van der Waals surface area contributed by atoms with Gasteiger partial charge < -0.3 is 14.6 Å². The van der Waals surface area contributed by atoms with Crippen molar-refractivity contribution in [3.8, 4) is 5.75 Å². The van der Waals surface area contributed by atoms with Crippen molar-refractivity contribution < 1.29 is 19.4 Å². The number of ether oxygens (including phenoxy) is 2. The lowest BCUT2D eigenvalue weighted by atomic mass is 10.1. The molecule has 4 nitrogen and oxygen atoms in total. The number of benzene rings is 2. The first-order valence-corrected chi connectivity index (χ1v) is 6.23. The number of rotatable bonds is 6. The van der Waals surface area contributed by atoms with Crippen molar-refractivity contribution in [2.24, 2.45) is 0 Å². The molecule has 1 N–H and O–H groups in total. The van der Waals surface area contributed by atoms with E-state index in [0.717, 1.165) is 5.56 Å². The monoisotopic (exact) mass is 272 g/mol. The summed E-state index contributed by atoms with van der Waals surface area (Å²) in [6, 6.07) is 16.7. The summed E-state index contributed by atoms with van der Waals surface area (Å²) < 4.78 is 10.6. The maximum atomic E-state index is 11.0. The lowest BCUT2D eigenvalue weighted by Gasteiger charge is -2.12. The summed E-state index contributed by atoms with van der Waals surface area (Å²) in [5.74, 6) is -0.316. The van der Waals surface area contributed by atoms with E-state index in [9.17, 15) is 4.79 Å². The summed E-state index contributed by atoms with van der Waals surface area (Å²) >= 11 is 0. The van der Waals surface area contributed by atoms with E-state index in [1.165, 1.54) is 7.11 Å². The van der Waals surface area contributed by atoms with E-state index in [4.69, 9.17) is 14.6 Å². The van der Waals surface area contributed by atoms with Gasteiger partial charge in [0.1, 0.15) is 12.4 Å². The molecule has 0 fully saturated rings. The van der Waals surface area contributed by atoms with Gasteiger partial charge in [-0.1, -0.05) is 42.5 Å². The van der Waals surface area contributed by atoms with Gasteiger partial charge >= 0.3 is 5.97 Å². The Morgan fingerprint density at radius 2 is 1.75 bits per heavy atom. The minimum Gasteiger partial charge on any atom is -0.489 e. The lowest BCUT2D eigenvalue weighted by molar-refractivity contribution is -0.148. The van der Waals surface area contributed by atoms with Crippen LogP contribution in [0.1, 0.15) is 17.2 Å². The Hall–Kier alpha value is -2.33. The van der Waals surface area contributed by atoms with Crippen molar-refractivity contribution in [2.45, 2.75) is 12.7 Å². The standard InChI is InChI=1S/C16H16O4/c1-19-15(16(17)18)13-7-9-14(10-8-13)20-11-12-5-3-2-4-6-12/h2-10,15H,11H2,1H3,(H,17,18)/t15-/m0/s1. The number of carboxylic acids is 1. The van der Waals surface area contributed by atoms with Crippen molar-refractivity contribution in [1.29, 1.82) is 0 Å². The van der Waals surface area contributed by atoms with Crippen molar-refractivity contribution in [1.82, 2.24) is 0 Å². The molecule has 1 atom stereocenters. The highest BCUT2D eigenvalue weighted by atomic mass is 16.5.